The first kappa shape index (κ1) is 12.0. The number of rotatable bonds is 3. The van der Waals surface area contributed by atoms with Crippen LogP contribution in [0.1, 0.15) is 33.1 Å². The summed E-state index contributed by atoms with van der Waals surface area (Å²) < 4.78 is 12.1. The van der Waals surface area contributed by atoms with Gasteiger partial charge in [0.15, 0.2) is 0 Å². The molecule has 1 saturated carbocycles. The molecule has 3 aliphatic rings. The van der Waals surface area contributed by atoms with Crippen molar-refractivity contribution in [2.75, 3.05) is 18.8 Å². The summed E-state index contributed by atoms with van der Waals surface area (Å²) in [6.07, 6.45) is 4.00. The second kappa shape index (κ2) is 3.99. The summed E-state index contributed by atoms with van der Waals surface area (Å²) >= 11 is 0. The lowest BCUT2D eigenvalue weighted by Gasteiger charge is -2.42. The first-order valence-corrected chi connectivity index (χ1v) is 8.99. The van der Waals surface area contributed by atoms with Crippen LogP contribution in [0.4, 0.5) is 0 Å². The van der Waals surface area contributed by atoms with E-state index in [2.05, 4.69) is 24.6 Å². The first-order chi connectivity index (χ1) is 7.95. The SMILES string of the molecule is C=S1(=O)C[C@@H]2C[C@H]1CN2CC1CC(C(C)C)C1. The molecule has 3 heteroatoms. The predicted molar refractivity (Wildman–Crippen MR) is 74.9 cm³/mol. The minimum absolute atomic E-state index is 0.411. The van der Waals surface area contributed by atoms with Gasteiger partial charge in [-0.3, -0.25) is 9.11 Å². The van der Waals surface area contributed by atoms with Crippen LogP contribution in [0.3, 0.4) is 0 Å². The molecule has 0 amide bonds. The minimum atomic E-state index is -1.71. The van der Waals surface area contributed by atoms with Gasteiger partial charge in [0.25, 0.3) is 0 Å². The Morgan fingerprint density at radius 1 is 1.35 bits per heavy atom. The van der Waals surface area contributed by atoms with E-state index in [0.717, 1.165) is 36.5 Å². The fourth-order valence-corrected chi connectivity index (χ4v) is 6.23. The molecule has 2 aliphatic heterocycles. The quantitative estimate of drug-likeness (QED) is 0.717. The summed E-state index contributed by atoms with van der Waals surface area (Å²) in [5, 5.41) is 0.411. The monoisotopic (exact) mass is 255 g/mol. The van der Waals surface area contributed by atoms with Crippen molar-refractivity contribution in [3.05, 3.63) is 0 Å². The van der Waals surface area contributed by atoms with Crippen LogP contribution in [0.15, 0.2) is 0 Å². The molecule has 3 atom stereocenters. The van der Waals surface area contributed by atoms with E-state index in [9.17, 15) is 4.21 Å². The van der Waals surface area contributed by atoms with E-state index in [1.54, 1.807) is 0 Å². The number of fused-ring (bicyclic) bond motifs is 2. The molecule has 2 nitrogen and oxygen atoms in total. The number of hydrogen-bond acceptors (Lipinski definition) is 2. The molecular weight excluding hydrogens is 230 g/mol. The van der Waals surface area contributed by atoms with Crippen LogP contribution in [-0.4, -0.2) is 45.1 Å². The molecule has 0 N–H and O–H groups in total. The van der Waals surface area contributed by atoms with Crippen molar-refractivity contribution in [3.8, 4) is 0 Å². The maximum absolute atomic E-state index is 12.1. The number of nitrogens with zero attached hydrogens (tertiary/aromatic N) is 1. The van der Waals surface area contributed by atoms with Gasteiger partial charge in [0.1, 0.15) is 0 Å². The molecular formula is C14H25NOS. The smallest absolute Gasteiger partial charge is 0.0415 e. The van der Waals surface area contributed by atoms with Crippen LogP contribution >= 0.6 is 0 Å². The minimum Gasteiger partial charge on any atom is -0.298 e. The van der Waals surface area contributed by atoms with E-state index in [1.807, 2.05) is 0 Å². The van der Waals surface area contributed by atoms with Crippen LogP contribution in [0, 0.1) is 17.8 Å². The highest BCUT2D eigenvalue weighted by atomic mass is 32.2. The summed E-state index contributed by atoms with van der Waals surface area (Å²) in [6.45, 7) is 7.02. The van der Waals surface area contributed by atoms with Crippen LogP contribution in [0.25, 0.3) is 0 Å². The van der Waals surface area contributed by atoms with Crippen molar-refractivity contribution in [2.45, 2.75) is 44.4 Å². The average Bonchev–Trinajstić information content (AvgIpc) is 2.64. The summed E-state index contributed by atoms with van der Waals surface area (Å²) in [6, 6.07) is 0.600. The standard InChI is InChI=1S/C14H25NOS/c1-10(2)12-4-11(5-12)7-15-8-14-6-13(15)9-17(14,3)16/h10-14H,3-9H2,1-2H3/t11?,12?,13-,14-,17?/m0/s1. The molecule has 1 unspecified atom stereocenters. The van der Waals surface area contributed by atoms with Gasteiger partial charge in [-0.2, -0.15) is 0 Å². The molecule has 98 valence electrons. The fraction of sp³-hybridized carbons (Fsp3) is 0.929. The zero-order valence-electron chi connectivity index (χ0n) is 11.1. The Hall–Kier alpha value is -0.0200. The van der Waals surface area contributed by atoms with E-state index in [4.69, 9.17) is 0 Å². The van der Waals surface area contributed by atoms with Crippen molar-refractivity contribution in [3.63, 3.8) is 0 Å². The summed E-state index contributed by atoms with van der Waals surface area (Å²) in [5.41, 5.74) is 0. The first-order valence-electron chi connectivity index (χ1n) is 7.03. The van der Waals surface area contributed by atoms with Gasteiger partial charge in [0.05, 0.1) is 0 Å². The van der Waals surface area contributed by atoms with Gasteiger partial charge >= 0.3 is 0 Å². The van der Waals surface area contributed by atoms with E-state index in [0.29, 0.717) is 11.3 Å². The molecule has 0 aromatic carbocycles. The van der Waals surface area contributed by atoms with E-state index < -0.39 is 9.52 Å². The molecule has 2 bridgehead atoms. The Balaban J connectivity index is 1.51. The van der Waals surface area contributed by atoms with Gasteiger partial charge in [-0.1, -0.05) is 13.8 Å². The van der Waals surface area contributed by atoms with Crippen LogP contribution in [0.5, 0.6) is 0 Å². The predicted octanol–water partition coefficient (Wildman–Crippen LogP) is 1.84. The lowest BCUT2D eigenvalue weighted by molar-refractivity contribution is 0.0925. The second-order valence-corrected chi connectivity index (χ2v) is 9.58. The summed E-state index contributed by atoms with van der Waals surface area (Å²) in [5.74, 6) is 7.56. The van der Waals surface area contributed by atoms with Crippen molar-refractivity contribution in [2.24, 2.45) is 17.8 Å². The van der Waals surface area contributed by atoms with Crippen LogP contribution in [-0.2, 0) is 9.52 Å². The van der Waals surface area contributed by atoms with Crippen molar-refractivity contribution >= 4 is 15.4 Å². The van der Waals surface area contributed by atoms with Crippen LogP contribution < -0.4 is 0 Å². The molecule has 0 aromatic rings. The third-order valence-corrected chi connectivity index (χ3v) is 7.78. The van der Waals surface area contributed by atoms with Crippen molar-refractivity contribution in [1.82, 2.24) is 4.90 Å². The van der Waals surface area contributed by atoms with Gasteiger partial charge in [-0.05, 0) is 52.4 Å². The largest absolute Gasteiger partial charge is 0.298 e. The molecule has 2 saturated heterocycles. The van der Waals surface area contributed by atoms with Gasteiger partial charge in [-0.15, -0.1) is 0 Å². The summed E-state index contributed by atoms with van der Waals surface area (Å²) in [4.78, 5) is 2.61. The Morgan fingerprint density at radius 3 is 2.53 bits per heavy atom. The molecule has 0 aromatic heterocycles. The van der Waals surface area contributed by atoms with E-state index >= 15 is 0 Å². The maximum Gasteiger partial charge on any atom is 0.0415 e. The molecule has 1 aliphatic carbocycles. The van der Waals surface area contributed by atoms with Crippen molar-refractivity contribution in [1.29, 1.82) is 0 Å². The molecule has 2 heterocycles. The van der Waals surface area contributed by atoms with Gasteiger partial charge in [-0.25, -0.2) is 0 Å². The zero-order valence-corrected chi connectivity index (χ0v) is 11.9. The van der Waals surface area contributed by atoms with Gasteiger partial charge in [0, 0.05) is 30.1 Å². The fourth-order valence-electron chi connectivity index (χ4n) is 3.92. The lowest BCUT2D eigenvalue weighted by atomic mass is 9.69. The Kier molecular flexibility index (Phi) is 2.82. The third-order valence-electron chi connectivity index (χ3n) is 5.28. The molecule has 3 rings (SSSR count). The highest BCUT2D eigenvalue weighted by Crippen LogP contribution is 2.41. The van der Waals surface area contributed by atoms with Crippen molar-refractivity contribution < 1.29 is 4.21 Å². The molecule has 0 spiro atoms. The average molecular weight is 255 g/mol. The molecule has 0 radical (unpaired) electrons. The molecule has 3 fully saturated rings. The highest BCUT2D eigenvalue weighted by Gasteiger charge is 2.46. The van der Waals surface area contributed by atoms with E-state index in [-0.39, 0.29) is 0 Å². The Bertz CT molecular complexity index is 394. The zero-order chi connectivity index (χ0) is 12.2. The lowest BCUT2D eigenvalue weighted by Crippen LogP contribution is -2.45. The maximum atomic E-state index is 12.1. The Morgan fingerprint density at radius 2 is 2.06 bits per heavy atom. The van der Waals surface area contributed by atoms with Gasteiger partial charge < -0.3 is 0 Å². The molecule has 17 heavy (non-hydrogen) atoms. The number of likely N-dealkylation sites (tertiary alicyclic amines) is 1. The van der Waals surface area contributed by atoms with Gasteiger partial charge in [0.2, 0.25) is 0 Å². The van der Waals surface area contributed by atoms with E-state index in [1.165, 1.54) is 19.4 Å². The Labute approximate surface area is 106 Å². The summed E-state index contributed by atoms with van der Waals surface area (Å²) in [7, 11) is -1.71. The third kappa shape index (κ3) is 2.06. The number of hydrogen-bond donors (Lipinski definition) is 0. The highest BCUT2D eigenvalue weighted by molar-refractivity contribution is 8.01. The second-order valence-electron chi connectivity index (χ2n) is 6.84. The normalized spacial score (nSPS) is 49.8. The van der Waals surface area contributed by atoms with Crippen LogP contribution in [0.2, 0.25) is 0 Å². The topological polar surface area (TPSA) is 20.3 Å².